The molecule has 1 fully saturated rings. The van der Waals surface area contributed by atoms with Crippen molar-refractivity contribution in [2.75, 3.05) is 7.11 Å². The first-order valence-electron chi connectivity index (χ1n) is 4.25. The highest BCUT2D eigenvalue weighted by Crippen LogP contribution is 2.56. The van der Waals surface area contributed by atoms with E-state index >= 15 is 0 Å². The van der Waals surface area contributed by atoms with Gasteiger partial charge < -0.3 is 4.74 Å². The maximum atomic E-state index is 11.3. The Morgan fingerprint density at radius 3 is 2.55 bits per heavy atom. The van der Waals surface area contributed by atoms with Crippen LogP contribution in [0.15, 0.2) is 0 Å². The average Bonchev–Trinajstić information content (AvgIpc) is 2.62. The Bertz CT molecular complexity index is 165. The molecule has 11 heavy (non-hydrogen) atoms. The van der Waals surface area contributed by atoms with Crippen LogP contribution in [0.25, 0.3) is 0 Å². The predicted molar refractivity (Wildman–Crippen MR) is 43.1 cm³/mol. The van der Waals surface area contributed by atoms with Crippen molar-refractivity contribution in [3.63, 3.8) is 0 Å². The van der Waals surface area contributed by atoms with E-state index < -0.39 is 0 Å². The monoisotopic (exact) mass is 156 g/mol. The molecule has 0 amide bonds. The Kier molecular flexibility index (Phi) is 2.21. The van der Waals surface area contributed by atoms with Gasteiger partial charge in [0.15, 0.2) is 0 Å². The lowest BCUT2D eigenvalue weighted by molar-refractivity contribution is -0.148. The molecule has 0 spiro atoms. The third kappa shape index (κ3) is 1.26. The molecule has 0 aromatic heterocycles. The van der Waals surface area contributed by atoms with Crippen LogP contribution >= 0.6 is 0 Å². The zero-order valence-electron chi connectivity index (χ0n) is 7.52. The van der Waals surface area contributed by atoms with E-state index in [9.17, 15) is 4.79 Å². The van der Waals surface area contributed by atoms with Crippen molar-refractivity contribution in [1.29, 1.82) is 0 Å². The molecule has 0 aliphatic heterocycles. The molecule has 0 heterocycles. The number of ether oxygens (including phenoxy) is 1. The molecule has 0 saturated heterocycles. The molecule has 0 bridgehead atoms. The van der Waals surface area contributed by atoms with E-state index in [0.717, 1.165) is 19.3 Å². The molecule has 1 rings (SSSR count). The van der Waals surface area contributed by atoms with Crippen LogP contribution in [0.5, 0.6) is 0 Å². The summed E-state index contributed by atoms with van der Waals surface area (Å²) >= 11 is 0. The summed E-state index contributed by atoms with van der Waals surface area (Å²) in [4.78, 5) is 11.3. The number of carbonyl (C=O) groups excluding carboxylic acids is 1. The Labute approximate surface area is 67.9 Å². The number of methoxy groups -OCH3 is 1. The highest BCUT2D eigenvalue weighted by Gasteiger charge is 2.57. The van der Waals surface area contributed by atoms with Gasteiger partial charge in [0.2, 0.25) is 0 Å². The van der Waals surface area contributed by atoms with Crippen LogP contribution in [-0.2, 0) is 9.53 Å². The highest BCUT2D eigenvalue weighted by atomic mass is 16.5. The molecule has 0 radical (unpaired) electrons. The van der Waals surface area contributed by atoms with E-state index in [1.807, 2.05) is 0 Å². The number of rotatable bonds is 3. The first-order valence-corrected chi connectivity index (χ1v) is 4.25. The second-order valence-corrected chi connectivity index (χ2v) is 3.50. The SMILES string of the molecule is CCCC1(C(=O)OC)CC1C. The normalized spacial score (nSPS) is 35.0. The minimum Gasteiger partial charge on any atom is -0.469 e. The second kappa shape index (κ2) is 2.84. The summed E-state index contributed by atoms with van der Waals surface area (Å²) in [7, 11) is 1.48. The molecule has 2 atom stereocenters. The molecule has 0 aromatic rings. The molecule has 64 valence electrons. The highest BCUT2D eigenvalue weighted by molar-refractivity contribution is 5.80. The van der Waals surface area contributed by atoms with Gasteiger partial charge in [-0.25, -0.2) is 0 Å². The van der Waals surface area contributed by atoms with Gasteiger partial charge in [-0.3, -0.25) is 4.79 Å². The van der Waals surface area contributed by atoms with E-state index in [1.54, 1.807) is 0 Å². The van der Waals surface area contributed by atoms with Crippen molar-refractivity contribution in [2.24, 2.45) is 11.3 Å². The van der Waals surface area contributed by atoms with Gasteiger partial charge in [0, 0.05) is 0 Å². The Morgan fingerprint density at radius 2 is 2.27 bits per heavy atom. The largest absolute Gasteiger partial charge is 0.469 e. The summed E-state index contributed by atoms with van der Waals surface area (Å²) in [6.07, 6.45) is 3.08. The topological polar surface area (TPSA) is 26.3 Å². The molecule has 1 saturated carbocycles. The zero-order chi connectivity index (χ0) is 8.48. The average molecular weight is 156 g/mol. The van der Waals surface area contributed by atoms with Crippen LogP contribution in [0.2, 0.25) is 0 Å². The lowest BCUT2D eigenvalue weighted by Gasteiger charge is -2.11. The number of hydrogen-bond donors (Lipinski definition) is 0. The van der Waals surface area contributed by atoms with Crippen LogP contribution in [0, 0.1) is 11.3 Å². The fourth-order valence-electron chi connectivity index (χ4n) is 1.87. The number of esters is 1. The minimum atomic E-state index is -0.0937. The lowest BCUT2D eigenvalue weighted by Crippen LogP contribution is -2.19. The molecular formula is C9H16O2. The summed E-state index contributed by atoms with van der Waals surface area (Å²) in [5.41, 5.74) is -0.0937. The van der Waals surface area contributed by atoms with Crippen LogP contribution in [-0.4, -0.2) is 13.1 Å². The molecule has 0 N–H and O–H groups in total. The molecule has 1 aliphatic rings. The molecule has 1 aliphatic carbocycles. The van der Waals surface area contributed by atoms with Gasteiger partial charge in [0.25, 0.3) is 0 Å². The molecule has 0 aromatic carbocycles. The van der Waals surface area contributed by atoms with Crippen LogP contribution in [0.1, 0.15) is 33.1 Å². The van der Waals surface area contributed by atoms with Crippen molar-refractivity contribution >= 4 is 5.97 Å². The van der Waals surface area contributed by atoms with Gasteiger partial charge >= 0.3 is 5.97 Å². The number of hydrogen-bond acceptors (Lipinski definition) is 2. The Balaban J connectivity index is 2.56. The van der Waals surface area contributed by atoms with Gasteiger partial charge in [0.1, 0.15) is 0 Å². The van der Waals surface area contributed by atoms with E-state index in [0.29, 0.717) is 5.92 Å². The van der Waals surface area contributed by atoms with E-state index in [-0.39, 0.29) is 11.4 Å². The Hall–Kier alpha value is -0.530. The third-order valence-corrected chi connectivity index (χ3v) is 2.74. The van der Waals surface area contributed by atoms with Gasteiger partial charge in [-0.1, -0.05) is 20.3 Å². The molecule has 2 unspecified atom stereocenters. The van der Waals surface area contributed by atoms with E-state index in [2.05, 4.69) is 13.8 Å². The van der Waals surface area contributed by atoms with Crippen LogP contribution in [0.4, 0.5) is 0 Å². The summed E-state index contributed by atoms with van der Waals surface area (Å²) in [5.74, 6) is 0.529. The first kappa shape index (κ1) is 8.57. The zero-order valence-corrected chi connectivity index (χ0v) is 7.52. The maximum Gasteiger partial charge on any atom is 0.312 e. The van der Waals surface area contributed by atoms with Crippen molar-refractivity contribution in [2.45, 2.75) is 33.1 Å². The maximum absolute atomic E-state index is 11.3. The fraction of sp³-hybridized carbons (Fsp3) is 0.889. The van der Waals surface area contributed by atoms with Crippen molar-refractivity contribution in [1.82, 2.24) is 0 Å². The lowest BCUT2D eigenvalue weighted by atomic mass is 9.98. The summed E-state index contributed by atoms with van der Waals surface area (Å²) in [6.45, 7) is 4.22. The minimum absolute atomic E-state index is 0.00755. The molecule has 2 nitrogen and oxygen atoms in total. The molecular weight excluding hydrogens is 140 g/mol. The van der Waals surface area contributed by atoms with E-state index in [1.165, 1.54) is 7.11 Å². The second-order valence-electron chi connectivity index (χ2n) is 3.50. The quantitative estimate of drug-likeness (QED) is 0.584. The van der Waals surface area contributed by atoms with Crippen molar-refractivity contribution in [3.05, 3.63) is 0 Å². The summed E-state index contributed by atoms with van der Waals surface area (Å²) in [5, 5.41) is 0. The summed E-state index contributed by atoms with van der Waals surface area (Å²) < 4.78 is 4.76. The van der Waals surface area contributed by atoms with Crippen molar-refractivity contribution < 1.29 is 9.53 Å². The van der Waals surface area contributed by atoms with E-state index in [4.69, 9.17) is 4.74 Å². The number of carbonyl (C=O) groups is 1. The first-order chi connectivity index (χ1) is 5.17. The fourth-order valence-corrected chi connectivity index (χ4v) is 1.87. The third-order valence-electron chi connectivity index (χ3n) is 2.74. The van der Waals surface area contributed by atoms with Crippen LogP contribution < -0.4 is 0 Å². The predicted octanol–water partition coefficient (Wildman–Crippen LogP) is 1.99. The smallest absolute Gasteiger partial charge is 0.312 e. The van der Waals surface area contributed by atoms with Gasteiger partial charge in [0.05, 0.1) is 12.5 Å². The van der Waals surface area contributed by atoms with Gasteiger partial charge in [-0.15, -0.1) is 0 Å². The molecule has 2 heteroatoms. The Morgan fingerprint density at radius 1 is 1.73 bits per heavy atom. The standard InChI is InChI=1S/C9H16O2/c1-4-5-9(6-7(9)2)8(10)11-3/h7H,4-6H2,1-3H3. The summed E-state index contributed by atoms with van der Waals surface area (Å²) in [6, 6.07) is 0. The van der Waals surface area contributed by atoms with Gasteiger partial charge in [-0.05, 0) is 18.8 Å². The van der Waals surface area contributed by atoms with Crippen LogP contribution in [0.3, 0.4) is 0 Å². The van der Waals surface area contributed by atoms with Crippen molar-refractivity contribution in [3.8, 4) is 0 Å². The van der Waals surface area contributed by atoms with Gasteiger partial charge in [-0.2, -0.15) is 0 Å².